The summed E-state index contributed by atoms with van der Waals surface area (Å²) in [6, 6.07) is 10.3. The second-order valence-electron chi connectivity index (χ2n) is 16.0. The predicted molar refractivity (Wildman–Crippen MR) is 243 cm³/mol. The number of aromatic nitrogens is 5. The monoisotopic (exact) mass is 956 g/mol. The molecular weight excluding hydrogens is 902 g/mol. The number of amides is 1. The summed E-state index contributed by atoms with van der Waals surface area (Å²) in [5.41, 5.74) is 7.01. The number of nitrogens with two attached hydrogens (primary N) is 1. The number of carbonyl (C=O) groups excluding carboxylic acids is 1. The third kappa shape index (κ3) is 11.5. The van der Waals surface area contributed by atoms with Crippen molar-refractivity contribution < 1.29 is 55.1 Å². The molecule has 356 valence electrons. The summed E-state index contributed by atoms with van der Waals surface area (Å²) < 4.78 is 70.2. The van der Waals surface area contributed by atoms with Gasteiger partial charge in [-0.1, -0.05) is 12.8 Å². The number of nitrogens with zero attached hydrogens (tertiary/aromatic N) is 5. The molecule has 22 nitrogen and oxygen atoms in total. The van der Waals surface area contributed by atoms with Gasteiger partial charge in [-0.15, -0.1) is 0 Å². The lowest BCUT2D eigenvalue weighted by molar-refractivity contribution is -0.700. The van der Waals surface area contributed by atoms with Crippen LogP contribution in [0.3, 0.4) is 0 Å². The Kier molecular flexibility index (Phi) is 15.4. The lowest BCUT2D eigenvalue weighted by Crippen LogP contribution is -2.39. The lowest BCUT2D eigenvalue weighted by Gasteiger charge is -2.27. The number of H-pyrrole nitrogens is 1. The molecule has 8 N–H and O–H groups in total. The quantitative estimate of drug-likeness (QED) is 0.0182. The molecule has 2 aliphatic rings. The first-order valence-corrected chi connectivity index (χ1v) is 24.8. The van der Waals surface area contributed by atoms with Gasteiger partial charge in [-0.3, -0.25) is 32.7 Å². The molecule has 0 spiro atoms. The molecule has 6 heterocycles. The Bertz CT molecular complexity index is 2870. The van der Waals surface area contributed by atoms with Crippen LogP contribution in [0.25, 0.3) is 34.3 Å². The van der Waals surface area contributed by atoms with Gasteiger partial charge in [0.25, 0.3) is 15.7 Å². The highest BCUT2D eigenvalue weighted by molar-refractivity contribution is 7.85. The van der Waals surface area contributed by atoms with E-state index in [0.29, 0.717) is 68.6 Å². The Morgan fingerprint density at radius 2 is 1.80 bits per heavy atom. The number of aromatic amines is 1. The zero-order valence-corrected chi connectivity index (χ0v) is 38.2. The van der Waals surface area contributed by atoms with Gasteiger partial charge in [-0.2, -0.15) is 18.0 Å². The van der Waals surface area contributed by atoms with Gasteiger partial charge in [0.2, 0.25) is 23.5 Å². The van der Waals surface area contributed by atoms with E-state index in [2.05, 4.69) is 44.3 Å². The van der Waals surface area contributed by atoms with Crippen molar-refractivity contribution in [3.05, 3.63) is 74.6 Å². The molecule has 5 aromatic rings. The highest BCUT2D eigenvalue weighted by Crippen LogP contribution is 2.53. The van der Waals surface area contributed by atoms with E-state index in [9.17, 15) is 41.9 Å². The Morgan fingerprint density at radius 1 is 1.05 bits per heavy atom. The molecule has 7 rings (SSSR count). The van der Waals surface area contributed by atoms with Crippen molar-refractivity contribution in [3.8, 4) is 0 Å². The first-order chi connectivity index (χ1) is 31.5. The average molecular weight is 957 g/mol. The van der Waals surface area contributed by atoms with E-state index in [-0.39, 0.29) is 40.5 Å². The van der Waals surface area contributed by atoms with Crippen molar-refractivity contribution in [3.63, 3.8) is 0 Å². The van der Waals surface area contributed by atoms with Gasteiger partial charge in [0.15, 0.2) is 28.5 Å². The smallest absolute Gasteiger partial charge is 0.422 e. The Hall–Kier alpha value is -5.52. The maximum Gasteiger partial charge on any atom is 0.472 e. The first-order valence-electron chi connectivity index (χ1n) is 21.8. The summed E-state index contributed by atoms with van der Waals surface area (Å²) in [6.07, 6.45) is 5.16. The molecule has 0 saturated carbocycles. The number of aryl methyl sites for hydroxylation is 1. The molecule has 2 aliphatic heterocycles. The summed E-state index contributed by atoms with van der Waals surface area (Å²) in [6.45, 7) is 6.73. The fraction of sp³-hybridized carbons (Fsp3) is 0.476. The Morgan fingerprint density at radius 3 is 2.56 bits per heavy atom. The number of imidazole rings is 1. The van der Waals surface area contributed by atoms with Gasteiger partial charge in [0, 0.05) is 68.3 Å². The molecule has 0 radical (unpaired) electrons. The average Bonchev–Trinajstić information content (AvgIpc) is 3.79. The van der Waals surface area contributed by atoms with Crippen LogP contribution >= 0.6 is 7.82 Å². The molecular formula is C42H55N9O13PS+. The van der Waals surface area contributed by atoms with Gasteiger partial charge in [-0.25, -0.2) is 14.3 Å². The molecule has 1 amide bonds. The number of nitrogen functional groups attached to an aromatic ring is 1. The third-order valence-electron chi connectivity index (χ3n) is 11.4. The van der Waals surface area contributed by atoms with Crippen molar-refractivity contribution in [2.75, 3.05) is 48.7 Å². The molecule has 2 saturated heterocycles. The number of anilines is 3. The summed E-state index contributed by atoms with van der Waals surface area (Å²) in [5, 5.41) is 17.9. The number of benzene rings is 1. The van der Waals surface area contributed by atoms with Crippen LogP contribution in [0, 0.1) is 0 Å². The summed E-state index contributed by atoms with van der Waals surface area (Å²) in [4.78, 5) is 60.8. The van der Waals surface area contributed by atoms with E-state index in [1.54, 1.807) is 28.9 Å². The Labute approximate surface area is 379 Å². The van der Waals surface area contributed by atoms with Gasteiger partial charge < -0.3 is 40.4 Å². The van der Waals surface area contributed by atoms with Crippen LogP contribution < -0.4 is 37.0 Å². The number of phosphoric acid groups is 1. The molecule has 0 bridgehead atoms. The van der Waals surface area contributed by atoms with Crippen LogP contribution in [0.15, 0.2) is 61.5 Å². The highest BCUT2D eigenvalue weighted by Gasteiger charge is 2.53. The van der Waals surface area contributed by atoms with E-state index in [1.165, 1.54) is 16.8 Å². The number of carbonyl (C=O) groups is 1. The number of hydrogen-bond acceptors (Lipinski definition) is 16. The normalized spacial score (nSPS) is 20.9. The minimum atomic E-state index is -4.47. The molecule has 66 heavy (non-hydrogen) atoms. The fourth-order valence-corrected chi connectivity index (χ4v) is 9.47. The van der Waals surface area contributed by atoms with Gasteiger partial charge >= 0.3 is 13.4 Å². The summed E-state index contributed by atoms with van der Waals surface area (Å²) >= 11 is 0. The maximum absolute atomic E-state index is 12.9. The number of ether oxygens (including phenoxy) is 1. The number of hydrogen-bond donors (Lipinski definition) is 7. The number of nitrogens with one attached hydrogen (secondary N) is 3. The lowest BCUT2D eigenvalue weighted by atomic mass is 10.1. The van der Waals surface area contributed by atoms with Crippen LogP contribution in [0.5, 0.6) is 0 Å². The van der Waals surface area contributed by atoms with Crippen molar-refractivity contribution in [2.24, 2.45) is 0 Å². The molecule has 1 aromatic carbocycles. The number of pyridine rings is 1. The van der Waals surface area contributed by atoms with Crippen LogP contribution in [0.4, 0.5) is 17.6 Å². The van der Waals surface area contributed by atoms with E-state index in [0.717, 1.165) is 43.4 Å². The predicted octanol–water partition coefficient (Wildman–Crippen LogP) is 3.48. The largest absolute Gasteiger partial charge is 0.472 e. The second kappa shape index (κ2) is 21.0. The maximum atomic E-state index is 12.9. The number of aliphatic hydroxyl groups excluding tert-OH is 1. The van der Waals surface area contributed by atoms with E-state index in [1.807, 2.05) is 18.2 Å². The molecule has 2 fully saturated rings. The van der Waals surface area contributed by atoms with Crippen molar-refractivity contribution in [1.82, 2.24) is 24.8 Å². The SMILES string of the molecule is CCN(CC)c1ccc2cc(/C=C/c3ccc(S(=O)(=O)O)c[n+]3CCCCCC(=O)NCCCCCCNc3nc4c(=O)[nH]c(N)nc4n3[C@@H]3O[C@@H]4COP(=O)(O)O[C@H]4[C@H]3O)c(=O)oc2c1. The van der Waals surface area contributed by atoms with Crippen LogP contribution in [-0.2, 0) is 39.8 Å². The number of aliphatic hydroxyl groups is 1. The van der Waals surface area contributed by atoms with Gasteiger partial charge in [0.1, 0.15) is 30.4 Å². The standard InChI is InChI=1S/C42H54N9O13PS/c1-3-49(4-2)29-16-13-26-22-27(40(55)63-31(26)23-29)14-15-28-17-18-30(66(58,59)60)24-50(28)21-11-7-8-12-33(52)44-19-9-5-6-10-20-45-42-46-34-37(47-41(43)48-38(34)54)51(42)39-35(53)36-32(62-39)25-61-65(56,57)64-36/h13-18,22-24,32,35-36,39,53H,3-12,19-21,25H2,1-2H3,(H6-,43,44,45,46,47,48,52,54,56,57,58,59,60)/p+1/t32-,35-,36-,39-/m1/s1. The topological polar surface area (TPSA) is 308 Å². The molecule has 5 atom stereocenters. The van der Waals surface area contributed by atoms with Gasteiger partial charge in [0.05, 0.1) is 12.2 Å². The van der Waals surface area contributed by atoms with E-state index < -0.39 is 53.7 Å². The van der Waals surface area contributed by atoms with Crippen LogP contribution in [0.2, 0.25) is 0 Å². The zero-order valence-electron chi connectivity index (χ0n) is 36.5. The number of phosphoric ester groups is 1. The fourth-order valence-electron chi connectivity index (χ4n) is 8.00. The second-order valence-corrected chi connectivity index (χ2v) is 18.8. The minimum Gasteiger partial charge on any atom is -0.422 e. The van der Waals surface area contributed by atoms with E-state index in [4.69, 9.17) is 23.9 Å². The van der Waals surface area contributed by atoms with Crippen molar-refractivity contribution in [2.45, 2.75) is 101 Å². The minimum absolute atomic E-state index is 0.0346. The van der Waals surface area contributed by atoms with Crippen LogP contribution in [-0.4, -0.2) is 99.5 Å². The molecule has 0 aliphatic carbocycles. The molecule has 1 unspecified atom stereocenters. The number of fused-ring (bicyclic) bond motifs is 3. The number of unbranched alkanes of at least 4 members (excludes halogenated alkanes) is 5. The van der Waals surface area contributed by atoms with Crippen LogP contribution in [0.1, 0.15) is 82.7 Å². The number of rotatable bonds is 21. The van der Waals surface area contributed by atoms with Crippen molar-refractivity contribution >= 4 is 75.7 Å². The summed E-state index contributed by atoms with van der Waals surface area (Å²) in [5.74, 6) is -0.104. The third-order valence-corrected chi connectivity index (χ3v) is 13.3. The molecule has 4 aromatic heterocycles. The highest BCUT2D eigenvalue weighted by atomic mass is 32.2. The van der Waals surface area contributed by atoms with Crippen molar-refractivity contribution in [1.29, 1.82) is 0 Å². The van der Waals surface area contributed by atoms with Gasteiger partial charge in [-0.05, 0) is 69.9 Å². The zero-order chi connectivity index (χ0) is 47.2. The first kappa shape index (κ1) is 48.4. The summed E-state index contributed by atoms with van der Waals surface area (Å²) in [7, 11) is -8.85. The molecule has 24 heteroatoms. The van der Waals surface area contributed by atoms with E-state index >= 15 is 0 Å². The Balaban J connectivity index is 0.843.